The molecule has 0 unspecified atom stereocenters. The van der Waals surface area contributed by atoms with Crippen molar-refractivity contribution in [1.29, 1.82) is 0 Å². The van der Waals surface area contributed by atoms with Gasteiger partial charge in [-0.3, -0.25) is 0 Å². The van der Waals surface area contributed by atoms with Crippen molar-refractivity contribution in [2.24, 2.45) is 0 Å². The van der Waals surface area contributed by atoms with Gasteiger partial charge in [-0.15, -0.1) is 0 Å². The zero-order chi connectivity index (χ0) is 23.2. The summed E-state index contributed by atoms with van der Waals surface area (Å²) in [5.41, 5.74) is 0.535. The summed E-state index contributed by atoms with van der Waals surface area (Å²) in [6, 6.07) is 7.25. The summed E-state index contributed by atoms with van der Waals surface area (Å²) in [5, 5.41) is 8.92. The third-order valence-corrected chi connectivity index (χ3v) is 4.70. The monoisotopic (exact) mass is 423 g/mol. The van der Waals surface area contributed by atoms with Crippen LogP contribution in [0.2, 0.25) is 0 Å². The molecule has 1 N–H and O–H groups in total. The number of likely N-dealkylation sites (N-methyl/N-ethyl adjacent to an activating group) is 1. The van der Waals surface area contributed by atoms with Crippen LogP contribution in [0.15, 0.2) is 24.3 Å². The van der Waals surface area contributed by atoms with Gasteiger partial charge >= 0.3 is 6.09 Å². The molecule has 0 saturated carbocycles. The van der Waals surface area contributed by atoms with Gasteiger partial charge in [0, 0.05) is 26.2 Å². The molecule has 1 aliphatic rings. The largest absolute Gasteiger partial charge is 0.508 e. The second-order valence-electron chi connectivity index (χ2n) is 8.58. The minimum atomic E-state index is -0.388. The molecule has 0 bridgehead atoms. The Kier molecular flexibility index (Phi) is 14.2. The molecule has 0 atom stereocenters. The van der Waals surface area contributed by atoms with E-state index in [0.717, 1.165) is 31.7 Å². The first-order valence-corrected chi connectivity index (χ1v) is 11.2. The maximum Gasteiger partial charge on any atom is 0.410 e. The normalized spacial score (nSPS) is 14.4. The van der Waals surface area contributed by atoms with Crippen molar-refractivity contribution in [3.63, 3.8) is 0 Å². The van der Waals surface area contributed by atoms with E-state index < -0.39 is 0 Å². The molecule has 1 fully saturated rings. The number of benzene rings is 1. The Labute approximate surface area is 184 Å². The molecule has 6 heteroatoms. The molecule has 1 heterocycles. The number of carbonyl (C=O) groups excluding carboxylic acids is 1. The SMILES string of the molecule is CCCN(CC)CC.CN1CCN(C(=O)OC(C)(C)C)CC1.Cc1ccccc1O. The van der Waals surface area contributed by atoms with Crippen molar-refractivity contribution in [3.05, 3.63) is 29.8 Å². The second kappa shape index (κ2) is 15.1. The summed E-state index contributed by atoms with van der Waals surface area (Å²) in [7, 11) is 2.06. The maximum absolute atomic E-state index is 11.6. The van der Waals surface area contributed by atoms with Gasteiger partial charge in [-0.1, -0.05) is 39.0 Å². The molecule has 0 aromatic heterocycles. The van der Waals surface area contributed by atoms with E-state index in [-0.39, 0.29) is 11.7 Å². The number of rotatable bonds is 4. The summed E-state index contributed by atoms with van der Waals surface area (Å²) in [6.45, 7) is 21.2. The molecule has 6 nitrogen and oxygen atoms in total. The Morgan fingerprint density at radius 3 is 1.93 bits per heavy atom. The van der Waals surface area contributed by atoms with Crippen LogP contribution in [0.25, 0.3) is 0 Å². The van der Waals surface area contributed by atoms with E-state index in [2.05, 4.69) is 37.6 Å². The standard InChI is InChI=1S/C10H20N2O2.C7H17N.C7H8O/c1-10(2,3)14-9(13)12-7-5-11(4)6-8-12;1-4-7-8(5-2)6-3;1-6-4-2-3-5-7(6)8/h5-8H2,1-4H3;4-7H2,1-3H3;2-5,8H,1H3. The average molecular weight is 424 g/mol. The Balaban J connectivity index is 0.000000451. The predicted molar refractivity (Wildman–Crippen MR) is 126 cm³/mol. The van der Waals surface area contributed by atoms with Crippen LogP contribution in [0.4, 0.5) is 4.79 Å². The highest BCUT2D eigenvalue weighted by molar-refractivity contribution is 5.68. The average Bonchev–Trinajstić information content (AvgIpc) is 2.68. The summed E-state index contributed by atoms with van der Waals surface area (Å²) in [5.74, 6) is 0.368. The van der Waals surface area contributed by atoms with Crippen LogP contribution in [-0.2, 0) is 4.74 Å². The zero-order valence-corrected chi connectivity index (χ0v) is 20.6. The van der Waals surface area contributed by atoms with Crippen molar-refractivity contribution in [3.8, 4) is 5.75 Å². The number of amides is 1. The molecule has 2 rings (SSSR count). The predicted octanol–water partition coefficient (Wildman–Crippen LogP) is 4.61. The van der Waals surface area contributed by atoms with E-state index in [1.807, 2.05) is 45.9 Å². The molecule has 30 heavy (non-hydrogen) atoms. The molecule has 1 saturated heterocycles. The number of hydrogen-bond donors (Lipinski definition) is 1. The lowest BCUT2D eigenvalue weighted by atomic mass is 10.2. The lowest BCUT2D eigenvalue weighted by Crippen LogP contribution is -2.48. The summed E-state index contributed by atoms with van der Waals surface area (Å²) in [6.07, 6.45) is 1.09. The fourth-order valence-corrected chi connectivity index (χ4v) is 2.73. The van der Waals surface area contributed by atoms with Gasteiger partial charge < -0.3 is 24.5 Å². The van der Waals surface area contributed by atoms with Crippen molar-refractivity contribution in [1.82, 2.24) is 14.7 Å². The fourth-order valence-electron chi connectivity index (χ4n) is 2.73. The topological polar surface area (TPSA) is 56.2 Å². The van der Waals surface area contributed by atoms with Gasteiger partial charge in [0.05, 0.1) is 0 Å². The van der Waals surface area contributed by atoms with Crippen LogP contribution in [-0.4, -0.2) is 84.4 Å². The zero-order valence-electron chi connectivity index (χ0n) is 20.6. The van der Waals surface area contributed by atoms with Crippen molar-refractivity contribution < 1.29 is 14.6 Å². The first kappa shape index (κ1) is 28.2. The van der Waals surface area contributed by atoms with E-state index in [0.29, 0.717) is 5.75 Å². The Hall–Kier alpha value is -1.79. The highest BCUT2D eigenvalue weighted by atomic mass is 16.6. The first-order chi connectivity index (χ1) is 14.0. The van der Waals surface area contributed by atoms with Crippen LogP contribution in [0.1, 0.15) is 53.5 Å². The quantitative estimate of drug-likeness (QED) is 0.766. The molecular weight excluding hydrogens is 378 g/mol. The van der Waals surface area contributed by atoms with Crippen molar-refractivity contribution in [2.45, 2.75) is 60.5 Å². The first-order valence-electron chi connectivity index (χ1n) is 11.2. The second-order valence-corrected chi connectivity index (χ2v) is 8.58. The number of phenolic OH excluding ortho intramolecular Hbond substituents is 1. The summed E-state index contributed by atoms with van der Waals surface area (Å²) >= 11 is 0. The Morgan fingerprint density at radius 2 is 1.60 bits per heavy atom. The van der Waals surface area contributed by atoms with Crippen LogP contribution in [0, 0.1) is 6.92 Å². The minimum absolute atomic E-state index is 0.189. The number of aryl methyl sites for hydroxylation is 1. The number of aromatic hydroxyl groups is 1. The van der Waals surface area contributed by atoms with E-state index in [9.17, 15) is 4.79 Å². The van der Waals surface area contributed by atoms with Crippen LogP contribution >= 0.6 is 0 Å². The van der Waals surface area contributed by atoms with Crippen LogP contribution < -0.4 is 0 Å². The lowest BCUT2D eigenvalue weighted by molar-refractivity contribution is 0.0164. The number of hydrogen-bond acceptors (Lipinski definition) is 5. The number of nitrogens with zero attached hydrogens (tertiary/aromatic N) is 3. The molecule has 0 spiro atoms. The number of para-hydroxylation sites is 1. The van der Waals surface area contributed by atoms with Gasteiger partial charge in [0.15, 0.2) is 0 Å². The minimum Gasteiger partial charge on any atom is -0.508 e. The molecule has 0 radical (unpaired) electrons. The number of carbonyl (C=O) groups is 1. The van der Waals surface area contributed by atoms with Gasteiger partial charge in [0.25, 0.3) is 0 Å². The van der Waals surface area contributed by atoms with Gasteiger partial charge in [-0.05, 0) is 72.4 Å². The number of phenols is 1. The Morgan fingerprint density at radius 1 is 1.07 bits per heavy atom. The third-order valence-electron chi connectivity index (χ3n) is 4.70. The molecule has 1 amide bonds. The molecular formula is C24H45N3O3. The Bertz CT molecular complexity index is 554. The maximum atomic E-state index is 11.6. The number of ether oxygens (including phenoxy) is 1. The summed E-state index contributed by atoms with van der Waals surface area (Å²) < 4.78 is 5.28. The van der Waals surface area contributed by atoms with Crippen LogP contribution in [0.3, 0.4) is 0 Å². The molecule has 1 aromatic carbocycles. The number of piperazine rings is 1. The highest BCUT2D eigenvalue weighted by Gasteiger charge is 2.24. The van der Waals surface area contributed by atoms with Gasteiger partial charge in [0.2, 0.25) is 0 Å². The van der Waals surface area contributed by atoms with E-state index >= 15 is 0 Å². The van der Waals surface area contributed by atoms with Crippen molar-refractivity contribution in [2.75, 3.05) is 52.9 Å². The lowest BCUT2D eigenvalue weighted by Gasteiger charge is -2.33. The summed E-state index contributed by atoms with van der Waals surface area (Å²) in [4.78, 5) is 18.0. The molecule has 174 valence electrons. The smallest absolute Gasteiger partial charge is 0.410 e. The van der Waals surface area contributed by atoms with E-state index in [1.165, 1.54) is 26.1 Å². The van der Waals surface area contributed by atoms with Gasteiger partial charge in [-0.2, -0.15) is 0 Å². The van der Waals surface area contributed by atoms with Gasteiger partial charge in [0.1, 0.15) is 11.4 Å². The van der Waals surface area contributed by atoms with E-state index in [1.54, 1.807) is 11.0 Å². The highest BCUT2D eigenvalue weighted by Crippen LogP contribution is 2.12. The van der Waals surface area contributed by atoms with E-state index in [4.69, 9.17) is 9.84 Å². The van der Waals surface area contributed by atoms with Crippen molar-refractivity contribution >= 4 is 6.09 Å². The van der Waals surface area contributed by atoms with Crippen LogP contribution in [0.5, 0.6) is 5.75 Å². The fraction of sp³-hybridized carbons (Fsp3) is 0.708. The molecule has 0 aliphatic carbocycles. The molecule has 1 aromatic rings. The van der Waals surface area contributed by atoms with Gasteiger partial charge in [-0.25, -0.2) is 4.79 Å². The third kappa shape index (κ3) is 13.4. The molecule has 1 aliphatic heterocycles.